The molecule has 18 nitrogen and oxygen atoms in total. The van der Waals surface area contributed by atoms with Gasteiger partial charge in [0.2, 0.25) is 0 Å². The highest BCUT2D eigenvalue weighted by atomic mass is 32.2. The summed E-state index contributed by atoms with van der Waals surface area (Å²) < 4.78 is 30.4. The number of benzene rings is 11. The lowest BCUT2D eigenvalue weighted by Gasteiger charge is -2.35. The molecule has 0 unspecified atom stereocenters. The average Bonchev–Trinajstić information content (AvgIpc) is 0.669. The third kappa shape index (κ3) is 18.5. The van der Waals surface area contributed by atoms with Crippen molar-refractivity contribution in [3.63, 3.8) is 0 Å². The van der Waals surface area contributed by atoms with E-state index in [4.69, 9.17) is 64.8 Å². The molecular formula is C92H106N10O8S8. The van der Waals surface area contributed by atoms with Crippen LogP contribution in [0.3, 0.4) is 0 Å². The fourth-order valence-corrected chi connectivity index (χ4v) is 24.9. The van der Waals surface area contributed by atoms with Crippen molar-refractivity contribution in [2.45, 2.75) is 97.4 Å². The van der Waals surface area contributed by atoms with Gasteiger partial charge in [-0.3, -0.25) is 19.2 Å². The number of imide groups is 2. The molecule has 0 atom stereocenters. The number of rotatable bonds is 42. The zero-order valence-electron chi connectivity index (χ0n) is 68.0. The van der Waals surface area contributed by atoms with Gasteiger partial charge in [-0.25, -0.2) is 9.80 Å². The van der Waals surface area contributed by atoms with Crippen LogP contribution in [0.25, 0.3) is 43.1 Å². The van der Waals surface area contributed by atoms with Crippen LogP contribution in [-0.2, 0) is 0 Å². The van der Waals surface area contributed by atoms with Crippen LogP contribution in [0, 0.1) is 0 Å². The zero-order chi connectivity index (χ0) is 83.6. The van der Waals surface area contributed by atoms with Crippen molar-refractivity contribution in [3.05, 3.63) is 224 Å². The maximum atomic E-state index is 16.9. The molecule has 0 bridgehead atoms. The highest BCUT2D eigenvalue weighted by Crippen LogP contribution is 2.60. The van der Waals surface area contributed by atoms with Gasteiger partial charge in [-0.15, -0.1) is 94.1 Å². The van der Waals surface area contributed by atoms with E-state index in [0.717, 1.165) is 90.5 Å². The second-order valence-electron chi connectivity index (χ2n) is 30.1. The molecule has 0 spiro atoms. The number of carbonyl (C=O) groups is 4. The number of hydrogen-bond acceptors (Lipinski definition) is 24. The van der Waals surface area contributed by atoms with Crippen LogP contribution < -0.4 is 74.6 Å². The Labute approximate surface area is 726 Å². The number of fused-ring (bicyclic) bond motifs is 2. The van der Waals surface area contributed by atoms with Gasteiger partial charge >= 0.3 is 0 Å². The summed E-state index contributed by atoms with van der Waals surface area (Å²) in [6.07, 6.45) is 0. The fraction of sp³-hybridized carbons (Fsp3) is 0.348. The van der Waals surface area contributed by atoms with Crippen molar-refractivity contribution in [1.82, 2.24) is 0 Å². The summed E-state index contributed by atoms with van der Waals surface area (Å²) in [5.41, 5.74) is 58.1. The molecule has 2 aliphatic rings. The average molecular weight is 1740 g/mol. The third-order valence-electron chi connectivity index (χ3n) is 20.6. The molecule has 11 aromatic carbocycles. The normalized spacial score (nSPS) is 13.2. The summed E-state index contributed by atoms with van der Waals surface area (Å²) in [5, 5.41) is 2.91. The number of thioether (sulfide) groups is 8. The Balaban J connectivity index is 1.22. The number of hydrogen-bond donors (Lipinski definition) is 8. The summed E-state index contributed by atoms with van der Waals surface area (Å²) in [6.45, 7) is 20.4. The van der Waals surface area contributed by atoms with E-state index in [2.05, 4.69) is 55.4 Å². The smallest absolute Gasteiger partial charge is 0.266 e. The number of carbonyl (C=O) groups excluding carboxylic acids is 4. The molecule has 11 aromatic rings. The van der Waals surface area contributed by atoms with Crippen LogP contribution in [0.4, 0.5) is 11.4 Å². The van der Waals surface area contributed by atoms with Crippen molar-refractivity contribution < 1.29 is 38.1 Å². The first-order chi connectivity index (χ1) is 57.2. The Bertz CT molecular complexity index is 4740. The predicted octanol–water partition coefficient (Wildman–Crippen LogP) is 20.5. The van der Waals surface area contributed by atoms with Gasteiger partial charge in [-0.1, -0.05) is 140 Å². The van der Waals surface area contributed by atoms with Crippen molar-refractivity contribution in [3.8, 4) is 46.0 Å². The standard InChI is InChI=1S/C92H106N10O8S8/c1-51(2)63-11-9-12-64(52(3)4)83(63)101-85(103)67-47-71(107-59-23-15-55(16-24-59)89(111-39-31-93)112-40-32-94)77-79-73(109-61-27-19-57(20-28-61)91(115-43-35-97)116-44-36-98)49-69-76-70(88(106)102(87(69)105)84-65(53(5)6)13-10-14-66(84)54(7)8)50-74(110-62-29-21-58(22-30-62)92(117-45-37-99)118-46-38-100)80(82(76)79)78-72(48-68(86(101)104)75(67)81(77)78)108-60-25-17-56(18-26-60)90(113-41-33-95)114-42-34-96/h9-30,47-54,89-92H,31-46,93-100H2,1-8H3. The van der Waals surface area contributed by atoms with Crippen LogP contribution in [0.2, 0.25) is 0 Å². The van der Waals surface area contributed by atoms with Gasteiger partial charge in [0.1, 0.15) is 46.0 Å². The van der Waals surface area contributed by atoms with E-state index in [1.165, 1.54) is 9.80 Å². The molecule has 2 aliphatic heterocycles. The van der Waals surface area contributed by atoms with Gasteiger partial charge in [0.15, 0.2) is 0 Å². The van der Waals surface area contributed by atoms with E-state index < -0.39 is 23.6 Å². The third-order valence-corrected chi connectivity index (χ3v) is 32.3. The minimum Gasteiger partial charge on any atom is -0.457 e. The highest BCUT2D eigenvalue weighted by Gasteiger charge is 2.45. The van der Waals surface area contributed by atoms with Gasteiger partial charge in [-0.05, 0) is 141 Å². The number of nitrogens with zero attached hydrogens (tertiary/aromatic N) is 2. The monoisotopic (exact) mass is 1730 g/mol. The van der Waals surface area contributed by atoms with Gasteiger partial charge in [0.05, 0.1) is 52.0 Å². The predicted molar refractivity (Wildman–Crippen MR) is 508 cm³/mol. The van der Waals surface area contributed by atoms with E-state index in [1.54, 1.807) is 118 Å². The Morgan fingerprint density at radius 3 is 0.619 bits per heavy atom. The fourth-order valence-electron chi connectivity index (χ4n) is 15.4. The van der Waals surface area contributed by atoms with Gasteiger partial charge in [0.25, 0.3) is 23.6 Å². The second kappa shape index (κ2) is 40.6. The molecule has 118 heavy (non-hydrogen) atoms. The minimum atomic E-state index is -0.580. The molecule has 13 rings (SSSR count). The topological polar surface area (TPSA) is 320 Å². The van der Waals surface area contributed by atoms with Crippen LogP contribution in [0.5, 0.6) is 46.0 Å². The SMILES string of the molecule is CC(C)c1cccc(C(C)C)c1N1C(=O)c2cc(Oc3ccc(C(SCCN)SCCN)cc3)c3c4c(Oc5ccc(C(SCCN)SCCN)cc5)cc5c6c(cc(Oc7ccc(C(SCCN)SCCN)cc7)c(c7c(Oc8ccc(C(SCCN)SCCN)cc8)cc(c2c37)C1=O)c64)C(=O)N(c1c(C(C)C)cccc1C(C)C)C5=O. The largest absolute Gasteiger partial charge is 0.457 e. The van der Waals surface area contributed by atoms with Gasteiger partial charge in [0, 0.05) is 141 Å². The van der Waals surface area contributed by atoms with Gasteiger partial charge in [-0.2, -0.15) is 0 Å². The van der Waals surface area contributed by atoms with Crippen molar-refractivity contribution in [2.75, 3.05) is 108 Å². The molecule has 4 amide bonds. The van der Waals surface area contributed by atoms with E-state index in [9.17, 15) is 0 Å². The van der Waals surface area contributed by atoms with E-state index in [-0.39, 0.29) is 87.3 Å². The molecule has 0 fully saturated rings. The minimum absolute atomic E-state index is 0.00523. The van der Waals surface area contributed by atoms with Crippen LogP contribution in [-0.4, -0.2) is 122 Å². The molecule has 0 aromatic heterocycles. The molecule has 620 valence electrons. The zero-order valence-corrected chi connectivity index (χ0v) is 74.5. The lowest BCUT2D eigenvalue weighted by molar-refractivity contribution is 0.0877. The summed E-state index contributed by atoms with van der Waals surface area (Å²) in [7, 11) is 0. The van der Waals surface area contributed by atoms with Gasteiger partial charge < -0.3 is 64.8 Å². The van der Waals surface area contributed by atoms with Crippen LogP contribution in [0.1, 0.15) is 183 Å². The molecular weight excluding hydrogens is 1630 g/mol. The molecule has 0 saturated carbocycles. The second-order valence-corrected chi connectivity index (χ2v) is 41.0. The first kappa shape index (κ1) is 88.5. The first-order valence-corrected chi connectivity index (χ1v) is 48.7. The van der Waals surface area contributed by atoms with E-state index >= 15 is 19.2 Å². The molecule has 2 heterocycles. The summed E-state index contributed by atoms with van der Waals surface area (Å²) in [5.74, 6) is 5.31. The highest BCUT2D eigenvalue weighted by molar-refractivity contribution is 8.17. The molecule has 0 radical (unpaired) electrons. The summed E-state index contributed by atoms with van der Waals surface area (Å²) in [4.78, 5) is 70.4. The number of para-hydroxylation sites is 2. The van der Waals surface area contributed by atoms with Crippen molar-refractivity contribution >= 4 is 172 Å². The molecule has 16 N–H and O–H groups in total. The number of anilines is 2. The van der Waals surface area contributed by atoms with Crippen molar-refractivity contribution in [1.29, 1.82) is 0 Å². The number of nitrogens with two attached hydrogens (primary N) is 8. The Hall–Kier alpha value is -7.32. The van der Waals surface area contributed by atoms with Crippen LogP contribution >= 0.6 is 94.1 Å². The summed E-state index contributed by atoms with van der Waals surface area (Å²) >= 11 is 13.9. The lowest BCUT2D eigenvalue weighted by Crippen LogP contribution is -2.42. The first-order valence-electron chi connectivity index (χ1n) is 40.3. The summed E-state index contributed by atoms with van der Waals surface area (Å²) in [6, 6.07) is 50.5. The van der Waals surface area contributed by atoms with E-state index in [1.807, 2.05) is 133 Å². The molecule has 0 aliphatic carbocycles. The molecule has 0 saturated heterocycles. The lowest BCUT2D eigenvalue weighted by atomic mass is 9.80. The number of amides is 4. The van der Waals surface area contributed by atoms with Crippen molar-refractivity contribution in [2.24, 2.45) is 45.9 Å². The quantitative estimate of drug-likeness (QED) is 0.00763. The Morgan fingerprint density at radius 1 is 0.263 bits per heavy atom. The van der Waals surface area contributed by atoms with E-state index in [0.29, 0.717) is 130 Å². The maximum Gasteiger partial charge on any atom is 0.266 e. The number of ether oxygens (including phenoxy) is 4. The Morgan fingerprint density at radius 2 is 0.449 bits per heavy atom. The maximum absolute atomic E-state index is 16.9. The molecule has 26 heteroatoms. The van der Waals surface area contributed by atoms with Crippen LogP contribution in [0.15, 0.2) is 158 Å². The Kier molecular flexibility index (Phi) is 30.4.